The van der Waals surface area contributed by atoms with Gasteiger partial charge in [0, 0.05) is 0 Å². The van der Waals surface area contributed by atoms with E-state index in [1.807, 2.05) is 0 Å². The van der Waals surface area contributed by atoms with Gasteiger partial charge in [-0.15, -0.1) is 0 Å². The second-order valence-corrected chi connectivity index (χ2v) is 33.1. The fourth-order valence-corrected chi connectivity index (χ4v) is 50.9. The first kappa shape index (κ1) is 23.1. The molecule has 1 aromatic rings. The molecule has 0 bridgehead atoms. The minimum absolute atomic E-state index is 0.428. The van der Waals surface area contributed by atoms with E-state index in [1.54, 1.807) is 24.3 Å². The van der Waals surface area contributed by atoms with Gasteiger partial charge in [0.15, 0.2) is 0 Å². The number of benzene rings is 1. The number of nitrogens with zero attached hydrogens (tertiary/aromatic N) is 1. The molecule has 0 heterocycles. The topological polar surface area (TPSA) is 63.4 Å². The average molecular weight is 490 g/mol. The van der Waals surface area contributed by atoms with Gasteiger partial charge in [-0.1, -0.05) is 0 Å². The molecule has 0 saturated carbocycles. The molecule has 2 N–H and O–H groups in total. The van der Waals surface area contributed by atoms with Crippen LogP contribution in [0.5, 0.6) is 0 Å². The Labute approximate surface area is 160 Å². The van der Waals surface area contributed by atoms with Crippen LogP contribution in [0.1, 0.15) is 41.5 Å². The molecule has 144 valence electrons. The molecule has 0 atom stereocenters. The average Bonchev–Trinajstić information content (AvgIpc) is 2.63. The van der Waals surface area contributed by atoms with Crippen LogP contribution in [0.15, 0.2) is 29.2 Å². The van der Waals surface area contributed by atoms with E-state index >= 15 is 0 Å². The van der Waals surface area contributed by atoms with E-state index in [1.165, 1.54) is 0 Å². The first-order valence-electron chi connectivity index (χ1n) is 9.64. The van der Waals surface area contributed by atoms with E-state index in [-0.39, 0.29) is 0 Å². The van der Waals surface area contributed by atoms with Crippen LogP contribution in [0, 0.1) is 0 Å². The summed E-state index contributed by atoms with van der Waals surface area (Å²) in [4.78, 5) is 0.428. The van der Waals surface area contributed by atoms with Gasteiger partial charge in [0.2, 0.25) is 0 Å². The van der Waals surface area contributed by atoms with Gasteiger partial charge in [-0.05, 0) is 0 Å². The minimum atomic E-state index is -3.46. The van der Waals surface area contributed by atoms with Crippen LogP contribution < -0.4 is 5.73 Å². The predicted molar refractivity (Wildman–Crippen MR) is 114 cm³/mol. The van der Waals surface area contributed by atoms with Gasteiger partial charge < -0.3 is 0 Å². The normalized spacial score (nSPS) is 13.4. The number of sulfonamides is 1. The van der Waals surface area contributed by atoms with Gasteiger partial charge in [-0.3, -0.25) is 0 Å². The summed E-state index contributed by atoms with van der Waals surface area (Å²) in [6.45, 7) is 13.3. The number of nitrogens with two attached hydrogens (primary N) is 1. The Hall–Kier alpha value is 0.0157. The predicted octanol–water partition coefficient (Wildman–Crippen LogP) is 5.27. The van der Waals surface area contributed by atoms with Gasteiger partial charge in [0.25, 0.3) is 0 Å². The van der Waals surface area contributed by atoms with Crippen LogP contribution in [0.2, 0.25) is 31.5 Å². The molecule has 0 unspecified atom stereocenters. The second kappa shape index (κ2) is 9.28. The monoisotopic (exact) mass is 492 g/mol. The molecule has 7 heteroatoms. The number of anilines is 1. The van der Waals surface area contributed by atoms with E-state index < -0.39 is 37.0 Å². The van der Waals surface area contributed by atoms with Crippen LogP contribution in [-0.4, -0.2) is 37.6 Å². The van der Waals surface area contributed by atoms with E-state index in [9.17, 15) is 8.42 Å². The number of hydrogen-bond acceptors (Lipinski definition) is 3. The summed E-state index contributed by atoms with van der Waals surface area (Å²) in [5, 5.41) is 6.22. The summed E-state index contributed by atoms with van der Waals surface area (Å²) >= 11 is -5.41. The molecule has 0 saturated heterocycles. The van der Waals surface area contributed by atoms with Crippen molar-refractivity contribution in [1.82, 2.24) is 2.22 Å². The van der Waals surface area contributed by atoms with Crippen molar-refractivity contribution in [3.8, 4) is 0 Å². The maximum atomic E-state index is 13.9. The van der Waals surface area contributed by atoms with E-state index in [2.05, 4.69) is 43.8 Å². The van der Waals surface area contributed by atoms with Gasteiger partial charge >= 0.3 is 161 Å². The zero-order valence-corrected chi connectivity index (χ0v) is 21.8. The summed E-state index contributed by atoms with van der Waals surface area (Å²) in [6, 6.07) is 6.81. The zero-order valence-electron chi connectivity index (χ0n) is 16.8. The van der Waals surface area contributed by atoms with Crippen molar-refractivity contribution in [2.24, 2.45) is 0 Å². The fraction of sp³-hybridized carbons (Fsp3) is 0.667. The Morgan fingerprint density at radius 2 is 1.08 bits per heavy atom. The van der Waals surface area contributed by atoms with Crippen molar-refractivity contribution >= 4 is 42.7 Å². The number of hydrogen-bond donors (Lipinski definition) is 1. The molecule has 1 aromatic carbocycles. The van der Waals surface area contributed by atoms with Gasteiger partial charge in [-0.2, -0.15) is 0 Å². The van der Waals surface area contributed by atoms with Crippen LogP contribution in [0.25, 0.3) is 0 Å². The molecule has 0 amide bonds. The molecular formula is C18H36Ge2N2O2S. The summed E-state index contributed by atoms with van der Waals surface area (Å²) in [7, 11) is -3.46. The van der Waals surface area contributed by atoms with Crippen LogP contribution in [0.4, 0.5) is 5.69 Å². The Balaban J connectivity index is 3.74. The Morgan fingerprint density at radius 3 is 1.36 bits per heavy atom. The quantitative estimate of drug-likeness (QED) is 0.360. The number of rotatable bonds is 10. The van der Waals surface area contributed by atoms with Crippen LogP contribution in [0.3, 0.4) is 0 Å². The third-order valence-corrected chi connectivity index (χ3v) is 45.2. The molecule has 25 heavy (non-hydrogen) atoms. The molecule has 0 spiro atoms. The molecule has 4 nitrogen and oxygen atoms in total. The van der Waals surface area contributed by atoms with Gasteiger partial charge in [0.1, 0.15) is 0 Å². The zero-order chi connectivity index (χ0) is 19.3. The molecule has 0 aromatic heterocycles. The third kappa shape index (κ3) is 4.30. The summed E-state index contributed by atoms with van der Waals surface area (Å²) in [5.74, 6) is 0. The Morgan fingerprint density at radius 1 is 0.760 bits per heavy atom. The van der Waals surface area contributed by atoms with Gasteiger partial charge in [0.05, 0.1) is 0 Å². The summed E-state index contributed by atoms with van der Waals surface area (Å²) in [6.07, 6.45) is 0. The van der Waals surface area contributed by atoms with Crippen molar-refractivity contribution in [2.75, 3.05) is 5.73 Å². The molecule has 0 fully saturated rings. The molecule has 0 aliphatic rings. The van der Waals surface area contributed by atoms with E-state index in [4.69, 9.17) is 5.73 Å². The molecule has 0 aliphatic carbocycles. The standard InChI is InChI=1S/C18H36Ge2N2O2S/c1-7-19(8-2,9-3)22(20(10-4,11-5)12-6)25(23,24)18-15-13-17(21)14-16-18/h13-16H,7-12,21H2,1-6H3. The Bertz CT molecular complexity index is 603. The van der Waals surface area contributed by atoms with Crippen molar-refractivity contribution in [3.63, 3.8) is 0 Å². The first-order chi connectivity index (χ1) is 11.7. The van der Waals surface area contributed by atoms with Gasteiger partial charge in [-0.25, -0.2) is 0 Å². The summed E-state index contributed by atoms with van der Waals surface area (Å²) < 4.78 is 30.0. The van der Waals surface area contributed by atoms with Crippen LogP contribution in [-0.2, 0) is 10.0 Å². The molecule has 0 aliphatic heterocycles. The van der Waals surface area contributed by atoms with Crippen molar-refractivity contribution in [2.45, 2.75) is 78.0 Å². The molecule has 1 rings (SSSR count). The van der Waals surface area contributed by atoms with Crippen molar-refractivity contribution in [1.29, 1.82) is 0 Å². The SMILES string of the molecule is C[CH2][Ge]([CH2]C)([CH2]C)[N](S(=O)(=O)c1ccc(N)cc1)[Ge]([CH2]C)([CH2]C)[CH2]C. The molecule has 0 radical (unpaired) electrons. The van der Waals surface area contributed by atoms with E-state index in [0.29, 0.717) is 10.6 Å². The van der Waals surface area contributed by atoms with Crippen molar-refractivity contribution in [3.05, 3.63) is 24.3 Å². The maximum absolute atomic E-state index is 13.9. The first-order valence-corrected chi connectivity index (χ1v) is 21.9. The summed E-state index contributed by atoms with van der Waals surface area (Å²) in [5.41, 5.74) is 6.40. The molecular weight excluding hydrogens is 453 g/mol. The Kier molecular flexibility index (Phi) is 8.56. The fourth-order valence-electron chi connectivity index (χ4n) is 4.12. The number of nitrogen functional groups attached to an aromatic ring is 1. The van der Waals surface area contributed by atoms with Crippen LogP contribution >= 0.6 is 0 Å². The van der Waals surface area contributed by atoms with E-state index in [0.717, 1.165) is 31.5 Å². The van der Waals surface area contributed by atoms with Crippen molar-refractivity contribution < 1.29 is 8.42 Å². The third-order valence-electron chi connectivity index (χ3n) is 6.23. The second-order valence-electron chi connectivity index (χ2n) is 6.91.